The van der Waals surface area contributed by atoms with Crippen LogP contribution in [-0.4, -0.2) is 61.8 Å². The Morgan fingerprint density at radius 1 is 1.03 bits per heavy atom. The molecule has 1 aromatic rings. The van der Waals surface area contributed by atoms with E-state index in [1.807, 2.05) is 45.0 Å². The van der Waals surface area contributed by atoms with E-state index < -0.39 is 11.7 Å². The summed E-state index contributed by atoms with van der Waals surface area (Å²) in [7, 11) is 0. The molecule has 1 amide bonds. The first kappa shape index (κ1) is 26.8. The number of ether oxygens (including phenoxy) is 1. The average molecular weight is 434 g/mol. The van der Waals surface area contributed by atoms with E-state index in [-0.39, 0.29) is 0 Å². The van der Waals surface area contributed by atoms with Crippen LogP contribution in [0.4, 0.5) is 10.5 Å². The zero-order valence-electron chi connectivity index (χ0n) is 20.4. The summed E-state index contributed by atoms with van der Waals surface area (Å²) < 4.78 is 5.27. The molecule has 7 nitrogen and oxygen atoms in total. The van der Waals surface area contributed by atoms with Gasteiger partial charge in [0, 0.05) is 25.3 Å². The highest BCUT2D eigenvalue weighted by molar-refractivity contribution is 5.84. The molecule has 31 heavy (non-hydrogen) atoms. The lowest BCUT2D eigenvalue weighted by molar-refractivity contribution is 0.0636. The fourth-order valence-corrected chi connectivity index (χ4v) is 3.02. The molecule has 1 aromatic carbocycles. The van der Waals surface area contributed by atoms with Gasteiger partial charge in [0.15, 0.2) is 5.96 Å². The molecular weight excluding hydrogens is 390 g/mol. The molecule has 0 aliphatic rings. The molecule has 0 spiro atoms. The lowest BCUT2D eigenvalue weighted by atomic mass is 10.1. The van der Waals surface area contributed by atoms with Gasteiger partial charge in [0.25, 0.3) is 0 Å². The van der Waals surface area contributed by atoms with Crippen molar-refractivity contribution in [2.75, 3.05) is 44.6 Å². The second-order valence-corrected chi connectivity index (χ2v) is 8.50. The number of hydrogen-bond acceptors (Lipinski definition) is 4. The van der Waals surface area contributed by atoms with Crippen LogP contribution in [0, 0.1) is 0 Å². The van der Waals surface area contributed by atoms with Gasteiger partial charge < -0.3 is 20.3 Å². The molecule has 0 saturated carbocycles. The molecule has 0 unspecified atom stereocenters. The smallest absolute Gasteiger partial charge is 0.412 e. The van der Waals surface area contributed by atoms with Crippen molar-refractivity contribution in [3.8, 4) is 0 Å². The van der Waals surface area contributed by atoms with E-state index in [4.69, 9.17) is 4.74 Å². The number of nitrogens with zero attached hydrogens (tertiary/aromatic N) is 2. The van der Waals surface area contributed by atoms with Crippen molar-refractivity contribution >= 4 is 17.7 Å². The van der Waals surface area contributed by atoms with Crippen molar-refractivity contribution < 1.29 is 9.53 Å². The number of guanidine groups is 1. The van der Waals surface area contributed by atoms with Gasteiger partial charge in [-0.1, -0.05) is 26.0 Å². The number of aliphatic imine (C=N–C) groups is 1. The zero-order valence-corrected chi connectivity index (χ0v) is 20.4. The van der Waals surface area contributed by atoms with E-state index in [1.54, 1.807) is 0 Å². The number of rotatable bonds is 12. The third kappa shape index (κ3) is 12.9. The van der Waals surface area contributed by atoms with Crippen molar-refractivity contribution in [2.24, 2.45) is 4.99 Å². The lowest BCUT2D eigenvalue weighted by Gasteiger charge is -2.19. The first-order chi connectivity index (χ1) is 14.8. The molecule has 0 atom stereocenters. The maximum Gasteiger partial charge on any atom is 0.412 e. The van der Waals surface area contributed by atoms with Crippen LogP contribution < -0.4 is 16.0 Å². The van der Waals surface area contributed by atoms with Crippen molar-refractivity contribution in [3.63, 3.8) is 0 Å². The number of anilines is 1. The van der Waals surface area contributed by atoms with Crippen LogP contribution in [0.3, 0.4) is 0 Å². The van der Waals surface area contributed by atoms with Gasteiger partial charge in [0.05, 0.1) is 0 Å². The van der Waals surface area contributed by atoms with Crippen LogP contribution in [-0.2, 0) is 11.2 Å². The number of nitrogens with one attached hydrogen (secondary N) is 3. The summed E-state index contributed by atoms with van der Waals surface area (Å²) >= 11 is 0. The van der Waals surface area contributed by atoms with Gasteiger partial charge in [-0.3, -0.25) is 10.3 Å². The third-order valence-corrected chi connectivity index (χ3v) is 4.70. The van der Waals surface area contributed by atoms with Gasteiger partial charge in [0.2, 0.25) is 0 Å². The predicted molar refractivity (Wildman–Crippen MR) is 131 cm³/mol. The standard InChI is InChI=1S/C24H43N5O2/c1-7-25-22(26-17-10-11-19-29(8-2)9-3)27-18-16-20-12-14-21(15-13-20)28-23(30)31-24(4,5)6/h12-15H,7-11,16-19H2,1-6H3,(H,28,30)(H2,25,26,27). The van der Waals surface area contributed by atoms with Crippen LogP contribution in [0.5, 0.6) is 0 Å². The molecule has 0 heterocycles. The number of unbranched alkanes of at least 4 members (excludes halogenated alkanes) is 1. The number of carbonyl (C=O) groups excluding carboxylic acids is 1. The van der Waals surface area contributed by atoms with Gasteiger partial charge in [0.1, 0.15) is 5.60 Å². The Kier molecular flexibility index (Phi) is 12.7. The summed E-state index contributed by atoms with van der Waals surface area (Å²) in [6.45, 7) is 17.9. The van der Waals surface area contributed by atoms with Gasteiger partial charge in [-0.25, -0.2) is 4.79 Å². The van der Waals surface area contributed by atoms with E-state index in [2.05, 4.69) is 46.6 Å². The van der Waals surface area contributed by atoms with E-state index in [0.29, 0.717) is 0 Å². The number of carbonyl (C=O) groups is 1. The zero-order chi connectivity index (χ0) is 23.1. The van der Waals surface area contributed by atoms with Gasteiger partial charge in [-0.05, 0) is 84.3 Å². The van der Waals surface area contributed by atoms with Crippen LogP contribution in [0.2, 0.25) is 0 Å². The first-order valence-electron chi connectivity index (χ1n) is 11.6. The third-order valence-electron chi connectivity index (χ3n) is 4.70. The molecule has 0 bridgehead atoms. The molecular formula is C24H43N5O2. The summed E-state index contributed by atoms with van der Waals surface area (Å²) in [6, 6.07) is 7.83. The Morgan fingerprint density at radius 2 is 1.71 bits per heavy atom. The van der Waals surface area contributed by atoms with Gasteiger partial charge in [-0.15, -0.1) is 0 Å². The normalized spacial score (nSPS) is 12.0. The largest absolute Gasteiger partial charge is 0.444 e. The maximum atomic E-state index is 11.8. The van der Waals surface area contributed by atoms with E-state index in [1.165, 1.54) is 12.0 Å². The maximum absolute atomic E-state index is 11.8. The summed E-state index contributed by atoms with van der Waals surface area (Å²) in [5.74, 6) is 0.869. The fraction of sp³-hybridized carbons (Fsp3) is 0.667. The molecule has 0 aromatic heterocycles. The monoisotopic (exact) mass is 433 g/mol. The van der Waals surface area contributed by atoms with Crippen molar-refractivity contribution in [2.45, 2.75) is 66.4 Å². The molecule has 3 N–H and O–H groups in total. The Hall–Kier alpha value is -2.28. The molecule has 0 aliphatic carbocycles. The van der Waals surface area contributed by atoms with Crippen molar-refractivity contribution in [1.29, 1.82) is 0 Å². The molecule has 0 aliphatic heterocycles. The minimum atomic E-state index is -0.507. The Labute approximate surface area is 189 Å². The van der Waals surface area contributed by atoms with Crippen LogP contribution in [0.25, 0.3) is 0 Å². The molecule has 0 fully saturated rings. The Balaban J connectivity index is 2.38. The number of benzene rings is 1. The van der Waals surface area contributed by atoms with E-state index in [9.17, 15) is 4.79 Å². The highest BCUT2D eigenvalue weighted by atomic mass is 16.6. The topological polar surface area (TPSA) is 78.0 Å². The summed E-state index contributed by atoms with van der Waals surface area (Å²) in [6.07, 6.45) is 2.71. The first-order valence-corrected chi connectivity index (χ1v) is 11.6. The highest BCUT2D eigenvalue weighted by Gasteiger charge is 2.16. The SMILES string of the molecule is CCNC(=NCCCCN(CC)CC)NCCc1ccc(NC(=O)OC(C)(C)C)cc1. The summed E-state index contributed by atoms with van der Waals surface area (Å²) in [4.78, 5) is 19.0. The number of hydrogen-bond donors (Lipinski definition) is 3. The van der Waals surface area contributed by atoms with Crippen molar-refractivity contribution in [1.82, 2.24) is 15.5 Å². The van der Waals surface area contributed by atoms with E-state index >= 15 is 0 Å². The van der Waals surface area contributed by atoms with Crippen LogP contribution in [0.1, 0.15) is 59.9 Å². The van der Waals surface area contributed by atoms with Crippen LogP contribution in [0.15, 0.2) is 29.3 Å². The molecule has 0 saturated heterocycles. The minimum absolute atomic E-state index is 0.439. The number of amides is 1. The average Bonchev–Trinajstić information content (AvgIpc) is 2.70. The fourth-order valence-electron chi connectivity index (χ4n) is 3.02. The highest BCUT2D eigenvalue weighted by Crippen LogP contribution is 2.13. The second-order valence-electron chi connectivity index (χ2n) is 8.50. The lowest BCUT2D eigenvalue weighted by Crippen LogP contribution is -2.38. The molecule has 0 radical (unpaired) electrons. The van der Waals surface area contributed by atoms with Gasteiger partial charge >= 0.3 is 6.09 Å². The predicted octanol–water partition coefficient (Wildman–Crippen LogP) is 4.25. The van der Waals surface area contributed by atoms with Crippen molar-refractivity contribution in [3.05, 3.63) is 29.8 Å². The molecule has 176 valence electrons. The Morgan fingerprint density at radius 3 is 2.29 bits per heavy atom. The minimum Gasteiger partial charge on any atom is -0.444 e. The summed E-state index contributed by atoms with van der Waals surface area (Å²) in [5.41, 5.74) is 1.41. The van der Waals surface area contributed by atoms with E-state index in [0.717, 1.165) is 63.8 Å². The molecule has 1 rings (SSSR count). The van der Waals surface area contributed by atoms with Crippen LogP contribution >= 0.6 is 0 Å². The second kappa shape index (κ2) is 14.7. The summed E-state index contributed by atoms with van der Waals surface area (Å²) in [5, 5.41) is 9.47. The Bertz CT molecular complexity index is 649. The molecule has 7 heteroatoms. The van der Waals surface area contributed by atoms with Gasteiger partial charge in [-0.2, -0.15) is 0 Å². The quantitative estimate of drug-likeness (QED) is 0.261.